The Morgan fingerprint density at radius 1 is 1.47 bits per heavy atom. The van der Waals surface area contributed by atoms with E-state index in [0.717, 1.165) is 22.9 Å². The van der Waals surface area contributed by atoms with E-state index in [2.05, 4.69) is 54.0 Å². The van der Waals surface area contributed by atoms with Gasteiger partial charge in [0, 0.05) is 20.7 Å². The van der Waals surface area contributed by atoms with Crippen molar-refractivity contribution in [3.05, 3.63) is 28.7 Å². The van der Waals surface area contributed by atoms with Gasteiger partial charge in [-0.2, -0.15) is 0 Å². The number of nitrogens with two attached hydrogens (primary N) is 1. The minimum atomic E-state index is 0.287. The topological polar surface area (TPSA) is 26.0 Å². The van der Waals surface area contributed by atoms with E-state index >= 15 is 0 Å². The molecule has 0 saturated heterocycles. The molecule has 0 heterocycles. The van der Waals surface area contributed by atoms with Crippen molar-refractivity contribution >= 4 is 27.7 Å². The normalized spacial score (nSPS) is 28.2. The lowest BCUT2D eigenvalue weighted by Gasteiger charge is -2.48. The maximum atomic E-state index is 5.98. The van der Waals surface area contributed by atoms with E-state index in [4.69, 9.17) is 5.73 Å². The second-order valence-electron chi connectivity index (χ2n) is 5.36. The SMILES string of the molecule is CC(C)C1CC(CN)(Sc2cccc(Br)c2)C1. The van der Waals surface area contributed by atoms with Gasteiger partial charge in [-0.3, -0.25) is 0 Å². The van der Waals surface area contributed by atoms with Crippen LogP contribution in [0.4, 0.5) is 0 Å². The van der Waals surface area contributed by atoms with Crippen molar-refractivity contribution in [2.24, 2.45) is 17.6 Å². The van der Waals surface area contributed by atoms with Crippen LogP contribution in [-0.4, -0.2) is 11.3 Å². The van der Waals surface area contributed by atoms with Crippen LogP contribution in [0, 0.1) is 11.8 Å². The van der Waals surface area contributed by atoms with E-state index in [1.165, 1.54) is 17.7 Å². The summed E-state index contributed by atoms with van der Waals surface area (Å²) in [7, 11) is 0. The summed E-state index contributed by atoms with van der Waals surface area (Å²) in [6.07, 6.45) is 2.52. The first-order valence-corrected chi connectivity index (χ1v) is 7.80. The second kappa shape index (κ2) is 5.33. The number of rotatable bonds is 4. The van der Waals surface area contributed by atoms with Gasteiger partial charge in [-0.05, 0) is 42.9 Å². The van der Waals surface area contributed by atoms with E-state index in [0.29, 0.717) is 0 Å². The van der Waals surface area contributed by atoms with E-state index in [9.17, 15) is 0 Å². The Bertz CT molecular complexity index is 386. The molecule has 0 spiro atoms. The molecular weight excluding hydrogens is 294 g/mol. The van der Waals surface area contributed by atoms with Gasteiger partial charge in [0.05, 0.1) is 0 Å². The summed E-state index contributed by atoms with van der Waals surface area (Å²) < 4.78 is 1.44. The average Bonchev–Trinajstić information content (AvgIpc) is 2.22. The lowest BCUT2D eigenvalue weighted by molar-refractivity contribution is 0.176. The summed E-state index contributed by atoms with van der Waals surface area (Å²) in [4.78, 5) is 1.33. The predicted octanol–water partition coefficient (Wildman–Crippen LogP) is 4.30. The van der Waals surface area contributed by atoms with Crippen molar-refractivity contribution in [1.29, 1.82) is 0 Å². The summed E-state index contributed by atoms with van der Waals surface area (Å²) in [5, 5.41) is 0. The largest absolute Gasteiger partial charge is 0.329 e. The molecule has 0 unspecified atom stereocenters. The Morgan fingerprint density at radius 2 is 2.18 bits per heavy atom. The van der Waals surface area contributed by atoms with Crippen molar-refractivity contribution in [2.75, 3.05) is 6.54 Å². The molecule has 1 aromatic rings. The fourth-order valence-corrected chi connectivity index (χ4v) is 4.50. The highest BCUT2D eigenvalue weighted by Gasteiger charge is 2.44. The second-order valence-corrected chi connectivity index (χ2v) is 7.82. The van der Waals surface area contributed by atoms with Gasteiger partial charge < -0.3 is 5.73 Å². The van der Waals surface area contributed by atoms with Gasteiger partial charge in [-0.1, -0.05) is 35.8 Å². The van der Waals surface area contributed by atoms with Gasteiger partial charge in [0.2, 0.25) is 0 Å². The Balaban J connectivity index is 2.02. The monoisotopic (exact) mass is 313 g/mol. The molecule has 1 fully saturated rings. The zero-order chi connectivity index (χ0) is 12.5. The summed E-state index contributed by atoms with van der Waals surface area (Å²) in [6.45, 7) is 5.41. The van der Waals surface area contributed by atoms with Crippen molar-refractivity contribution in [2.45, 2.75) is 36.3 Å². The van der Waals surface area contributed by atoms with Gasteiger partial charge >= 0.3 is 0 Å². The third kappa shape index (κ3) is 3.07. The maximum Gasteiger partial charge on any atom is 0.0334 e. The molecule has 17 heavy (non-hydrogen) atoms. The summed E-state index contributed by atoms with van der Waals surface area (Å²) in [5.74, 6) is 1.65. The molecule has 0 radical (unpaired) electrons. The van der Waals surface area contributed by atoms with Crippen LogP contribution in [0.1, 0.15) is 26.7 Å². The smallest absolute Gasteiger partial charge is 0.0334 e. The quantitative estimate of drug-likeness (QED) is 0.896. The number of benzene rings is 1. The van der Waals surface area contributed by atoms with E-state index < -0.39 is 0 Å². The van der Waals surface area contributed by atoms with E-state index in [-0.39, 0.29) is 4.75 Å². The number of hydrogen-bond donors (Lipinski definition) is 1. The third-order valence-electron chi connectivity index (χ3n) is 3.71. The van der Waals surface area contributed by atoms with Crippen molar-refractivity contribution < 1.29 is 0 Å². The summed E-state index contributed by atoms with van der Waals surface area (Å²) in [5.41, 5.74) is 5.98. The fourth-order valence-electron chi connectivity index (χ4n) is 2.44. The van der Waals surface area contributed by atoms with Crippen LogP contribution >= 0.6 is 27.7 Å². The van der Waals surface area contributed by atoms with Gasteiger partial charge in [-0.15, -0.1) is 11.8 Å². The van der Waals surface area contributed by atoms with Crippen LogP contribution in [0.25, 0.3) is 0 Å². The zero-order valence-electron chi connectivity index (χ0n) is 10.4. The van der Waals surface area contributed by atoms with E-state index in [1.807, 2.05) is 11.8 Å². The first-order chi connectivity index (χ1) is 8.04. The lowest BCUT2D eigenvalue weighted by Crippen LogP contribution is -2.48. The van der Waals surface area contributed by atoms with Crippen LogP contribution in [0.3, 0.4) is 0 Å². The molecule has 1 saturated carbocycles. The maximum absolute atomic E-state index is 5.98. The predicted molar refractivity (Wildman–Crippen MR) is 79.3 cm³/mol. The van der Waals surface area contributed by atoms with Crippen LogP contribution in [0.15, 0.2) is 33.6 Å². The molecule has 94 valence electrons. The highest BCUT2D eigenvalue weighted by Crippen LogP contribution is 2.52. The first-order valence-electron chi connectivity index (χ1n) is 6.19. The summed E-state index contributed by atoms with van der Waals surface area (Å²) in [6, 6.07) is 8.52. The molecule has 1 aromatic carbocycles. The number of halogens is 1. The van der Waals surface area contributed by atoms with Crippen molar-refractivity contribution in [3.8, 4) is 0 Å². The molecule has 0 amide bonds. The lowest BCUT2D eigenvalue weighted by atomic mass is 9.69. The van der Waals surface area contributed by atoms with Crippen LogP contribution in [-0.2, 0) is 0 Å². The molecule has 1 nitrogen and oxygen atoms in total. The van der Waals surface area contributed by atoms with Gasteiger partial charge in [0.25, 0.3) is 0 Å². The summed E-state index contributed by atoms with van der Waals surface area (Å²) >= 11 is 5.48. The molecule has 0 aromatic heterocycles. The van der Waals surface area contributed by atoms with Crippen molar-refractivity contribution in [1.82, 2.24) is 0 Å². The average molecular weight is 314 g/mol. The molecule has 0 atom stereocenters. The zero-order valence-corrected chi connectivity index (χ0v) is 12.9. The van der Waals surface area contributed by atoms with Gasteiger partial charge in [0.1, 0.15) is 0 Å². The van der Waals surface area contributed by atoms with Crippen LogP contribution in [0.2, 0.25) is 0 Å². The molecule has 3 heteroatoms. The minimum absolute atomic E-state index is 0.287. The van der Waals surface area contributed by atoms with Crippen molar-refractivity contribution in [3.63, 3.8) is 0 Å². The molecule has 0 bridgehead atoms. The van der Waals surface area contributed by atoms with Gasteiger partial charge in [-0.25, -0.2) is 0 Å². The minimum Gasteiger partial charge on any atom is -0.329 e. The molecule has 2 N–H and O–H groups in total. The fraction of sp³-hybridized carbons (Fsp3) is 0.571. The highest BCUT2D eigenvalue weighted by atomic mass is 79.9. The number of thioether (sulfide) groups is 1. The van der Waals surface area contributed by atoms with Crippen LogP contribution < -0.4 is 5.73 Å². The Hall–Kier alpha value is 0.01000. The standard InChI is InChI=1S/C14H20BrNS/c1-10(2)11-7-14(8-11,9-16)17-13-5-3-4-12(15)6-13/h3-6,10-11H,7-9,16H2,1-2H3. The van der Waals surface area contributed by atoms with Crippen LogP contribution in [0.5, 0.6) is 0 Å². The highest BCUT2D eigenvalue weighted by molar-refractivity contribution is 9.10. The molecule has 1 aliphatic carbocycles. The van der Waals surface area contributed by atoms with Gasteiger partial charge in [0.15, 0.2) is 0 Å². The molecular formula is C14H20BrNS. The first kappa shape index (κ1) is 13.4. The molecule has 0 aliphatic heterocycles. The Kier molecular flexibility index (Phi) is 4.22. The molecule has 1 aliphatic rings. The molecule has 2 rings (SSSR count). The third-order valence-corrected chi connectivity index (χ3v) is 5.63. The van der Waals surface area contributed by atoms with E-state index in [1.54, 1.807) is 0 Å². The Labute approximate surface area is 117 Å². The number of hydrogen-bond acceptors (Lipinski definition) is 2. The Morgan fingerprint density at radius 3 is 2.71 bits per heavy atom.